The minimum absolute atomic E-state index is 0.233. The number of aromatic carboxylic acids is 1. The standard InChI is InChI=1S/C16H18N2O3/c1-18(12-13-4-3-7-17-11-13)8-9-21-15-6-2-5-14(10-15)16(19)20/h2-7,10-11H,8-9,12H2,1H3,(H,19,20). The molecule has 1 aromatic carbocycles. The Morgan fingerprint density at radius 2 is 2.19 bits per heavy atom. The average molecular weight is 286 g/mol. The molecule has 0 saturated carbocycles. The molecule has 0 radical (unpaired) electrons. The van der Waals surface area contributed by atoms with E-state index in [1.54, 1.807) is 24.4 Å². The normalized spacial score (nSPS) is 10.6. The minimum Gasteiger partial charge on any atom is -0.492 e. The number of carbonyl (C=O) groups is 1. The Bertz CT molecular complexity index is 587. The first kappa shape index (κ1) is 15.0. The number of rotatable bonds is 7. The van der Waals surface area contributed by atoms with Gasteiger partial charge in [0.25, 0.3) is 0 Å². The van der Waals surface area contributed by atoms with E-state index in [0.29, 0.717) is 12.4 Å². The Balaban J connectivity index is 1.78. The number of benzene rings is 1. The van der Waals surface area contributed by atoms with Crippen LogP contribution in [0.2, 0.25) is 0 Å². The number of carboxylic acid groups (broad SMARTS) is 1. The lowest BCUT2D eigenvalue weighted by atomic mass is 10.2. The third-order valence-electron chi connectivity index (χ3n) is 3.00. The Kier molecular flexibility index (Phi) is 5.29. The zero-order valence-electron chi connectivity index (χ0n) is 11.9. The molecule has 2 aromatic rings. The van der Waals surface area contributed by atoms with E-state index >= 15 is 0 Å². The summed E-state index contributed by atoms with van der Waals surface area (Å²) in [6, 6.07) is 10.5. The minimum atomic E-state index is -0.950. The van der Waals surface area contributed by atoms with Gasteiger partial charge in [-0.2, -0.15) is 0 Å². The first-order valence-corrected chi connectivity index (χ1v) is 6.69. The second kappa shape index (κ2) is 7.40. The topological polar surface area (TPSA) is 62.7 Å². The van der Waals surface area contributed by atoms with Crippen LogP contribution in [0.15, 0.2) is 48.8 Å². The van der Waals surface area contributed by atoms with Gasteiger partial charge in [0.05, 0.1) is 5.56 Å². The fourth-order valence-corrected chi connectivity index (χ4v) is 1.92. The Hall–Kier alpha value is -2.40. The second-order valence-electron chi connectivity index (χ2n) is 4.78. The van der Waals surface area contributed by atoms with Gasteiger partial charge in [-0.1, -0.05) is 12.1 Å². The molecule has 0 fully saturated rings. The maximum atomic E-state index is 10.9. The molecule has 1 aromatic heterocycles. The second-order valence-corrected chi connectivity index (χ2v) is 4.78. The van der Waals surface area contributed by atoms with Gasteiger partial charge >= 0.3 is 5.97 Å². The summed E-state index contributed by atoms with van der Waals surface area (Å²) in [7, 11) is 2.00. The van der Waals surface area contributed by atoms with Crippen LogP contribution in [0.5, 0.6) is 5.75 Å². The van der Waals surface area contributed by atoms with Crippen molar-refractivity contribution in [2.24, 2.45) is 0 Å². The molecule has 0 aliphatic carbocycles. The lowest BCUT2D eigenvalue weighted by Crippen LogP contribution is -2.23. The Morgan fingerprint density at radius 3 is 2.90 bits per heavy atom. The summed E-state index contributed by atoms with van der Waals surface area (Å²) in [6.45, 7) is 2.04. The predicted octanol–water partition coefficient (Wildman–Crippen LogP) is 2.29. The molecular weight excluding hydrogens is 268 g/mol. The predicted molar refractivity (Wildman–Crippen MR) is 79.5 cm³/mol. The van der Waals surface area contributed by atoms with Crippen LogP contribution in [0, 0.1) is 0 Å². The summed E-state index contributed by atoms with van der Waals surface area (Å²) in [6.07, 6.45) is 3.59. The first-order chi connectivity index (χ1) is 10.1. The summed E-state index contributed by atoms with van der Waals surface area (Å²) in [4.78, 5) is 17.1. The number of hydrogen-bond donors (Lipinski definition) is 1. The van der Waals surface area contributed by atoms with E-state index in [-0.39, 0.29) is 5.56 Å². The van der Waals surface area contributed by atoms with E-state index in [0.717, 1.165) is 18.7 Å². The van der Waals surface area contributed by atoms with E-state index < -0.39 is 5.97 Å². The maximum absolute atomic E-state index is 10.9. The first-order valence-electron chi connectivity index (χ1n) is 6.69. The van der Waals surface area contributed by atoms with Gasteiger partial charge in [0.15, 0.2) is 0 Å². The van der Waals surface area contributed by atoms with Crippen molar-refractivity contribution in [2.45, 2.75) is 6.54 Å². The zero-order valence-corrected chi connectivity index (χ0v) is 11.9. The van der Waals surface area contributed by atoms with E-state index in [1.807, 2.05) is 25.4 Å². The number of aromatic nitrogens is 1. The van der Waals surface area contributed by atoms with E-state index in [9.17, 15) is 4.79 Å². The van der Waals surface area contributed by atoms with Gasteiger partial charge in [0.1, 0.15) is 12.4 Å². The van der Waals surface area contributed by atoms with Gasteiger partial charge < -0.3 is 9.84 Å². The average Bonchev–Trinajstić information content (AvgIpc) is 2.48. The van der Waals surface area contributed by atoms with Gasteiger partial charge in [-0.3, -0.25) is 9.88 Å². The van der Waals surface area contributed by atoms with Crippen molar-refractivity contribution in [3.05, 3.63) is 59.9 Å². The van der Waals surface area contributed by atoms with Crippen molar-refractivity contribution in [2.75, 3.05) is 20.2 Å². The fourth-order valence-electron chi connectivity index (χ4n) is 1.92. The number of nitrogens with zero attached hydrogens (tertiary/aromatic N) is 2. The highest BCUT2D eigenvalue weighted by Crippen LogP contribution is 2.13. The lowest BCUT2D eigenvalue weighted by molar-refractivity contribution is 0.0696. The molecule has 21 heavy (non-hydrogen) atoms. The SMILES string of the molecule is CN(CCOc1cccc(C(=O)O)c1)Cc1cccnc1. The van der Waals surface area contributed by atoms with Crippen LogP contribution >= 0.6 is 0 Å². The molecule has 0 bridgehead atoms. The number of likely N-dealkylation sites (N-methyl/N-ethyl adjacent to an activating group) is 1. The van der Waals surface area contributed by atoms with Crippen LogP contribution in [-0.2, 0) is 6.54 Å². The fraction of sp³-hybridized carbons (Fsp3) is 0.250. The Morgan fingerprint density at radius 1 is 1.33 bits per heavy atom. The maximum Gasteiger partial charge on any atom is 0.335 e. The molecule has 2 rings (SSSR count). The monoisotopic (exact) mass is 286 g/mol. The number of pyridine rings is 1. The molecule has 110 valence electrons. The largest absolute Gasteiger partial charge is 0.492 e. The molecule has 1 heterocycles. The molecule has 5 heteroatoms. The number of carboxylic acids is 1. The van der Waals surface area contributed by atoms with Crippen molar-refractivity contribution in [1.29, 1.82) is 0 Å². The van der Waals surface area contributed by atoms with Crippen LogP contribution in [0.3, 0.4) is 0 Å². The molecule has 0 aliphatic rings. The molecule has 0 saturated heterocycles. The smallest absolute Gasteiger partial charge is 0.335 e. The third-order valence-corrected chi connectivity index (χ3v) is 3.00. The van der Waals surface area contributed by atoms with Crippen LogP contribution in [-0.4, -0.2) is 41.2 Å². The molecule has 0 aliphatic heterocycles. The van der Waals surface area contributed by atoms with Gasteiger partial charge in [0.2, 0.25) is 0 Å². The quantitative estimate of drug-likeness (QED) is 0.846. The summed E-state index contributed by atoms with van der Waals surface area (Å²) < 4.78 is 5.58. The van der Waals surface area contributed by atoms with Crippen LogP contribution in [0.1, 0.15) is 15.9 Å². The summed E-state index contributed by atoms with van der Waals surface area (Å²) in [5.41, 5.74) is 1.38. The van der Waals surface area contributed by atoms with E-state index in [1.165, 1.54) is 6.07 Å². The summed E-state index contributed by atoms with van der Waals surface area (Å²) in [5, 5.41) is 8.92. The number of ether oxygens (including phenoxy) is 1. The van der Waals surface area contributed by atoms with Gasteiger partial charge in [-0.25, -0.2) is 4.79 Å². The van der Waals surface area contributed by atoms with Crippen molar-refractivity contribution in [3.8, 4) is 5.75 Å². The van der Waals surface area contributed by atoms with Crippen molar-refractivity contribution in [1.82, 2.24) is 9.88 Å². The van der Waals surface area contributed by atoms with Gasteiger partial charge in [-0.05, 0) is 36.9 Å². The summed E-state index contributed by atoms with van der Waals surface area (Å²) in [5.74, 6) is -0.376. The lowest BCUT2D eigenvalue weighted by Gasteiger charge is -2.16. The molecule has 0 spiro atoms. The zero-order chi connectivity index (χ0) is 15.1. The molecule has 0 amide bonds. The Labute approximate surface area is 123 Å². The van der Waals surface area contributed by atoms with Crippen LogP contribution in [0.25, 0.3) is 0 Å². The van der Waals surface area contributed by atoms with Crippen molar-refractivity contribution < 1.29 is 14.6 Å². The highest BCUT2D eigenvalue weighted by Gasteiger charge is 2.05. The highest BCUT2D eigenvalue weighted by molar-refractivity contribution is 5.87. The molecule has 0 atom stereocenters. The van der Waals surface area contributed by atoms with Crippen molar-refractivity contribution in [3.63, 3.8) is 0 Å². The van der Waals surface area contributed by atoms with Crippen LogP contribution < -0.4 is 4.74 Å². The van der Waals surface area contributed by atoms with Crippen molar-refractivity contribution >= 4 is 5.97 Å². The number of hydrogen-bond acceptors (Lipinski definition) is 4. The molecule has 5 nitrogen and oxygen atoms in total. The van der Waals surface area contributed by atoms with Crippen LogP contribution in [0.4, 0.5) is 0 Å². The van der Waals surface area contributed by atoms with Gasteiger partial charge in [-0.15, -0.1) is 0 Å². The van der Waals surface area contributed by atoms with Gasteiger partial charge in [0, 0.05) is 25.5 Å². The van der Waals surface area contributed by atoms with E-state index in [4.69, 9.17) is 9.84 Å². The highest BCUT2D eigenvalue weighted by atomic mass is 16.5. The summed E-state index contributed by atoms with van der Waals surface area (Å²) >= 11 is 0. The molecule has 1 N–H and O–H groups in total. The molecular formula is C16H18N2O3. The van der Waals surface area contributed by atoms with E-state index in [2.05, 4.69) is 9.88 Å². The molecule has 0 unspecified atom stereocenters. The third kappa shape index (κ3) is 4.89.